The maximum Gasteiger partial charge on any atom is 0.326 e. The molecule has 110 valence electrons. The third-order valence-corrected chi connectivity index (χ3v) is 2.30. The normalized spacial score (nSPS) is 12.8. The zero-order chi connectivity index (χ0) is 15.1. The van der Waals surface area contributed by atoms with E-state index in [1.807, 2.05) is 20.8 Å². The van der Waals surface area contributed by atoms with Crippen molar-refractivity contribution in [3.63, 3.8) is 0 Å². The van der Waals surface area contributed by atoms with E-state index in [0.29, 0.717) is 0 Å². The van der Waals surface area contributed by atoms with E-state index in [4.69, 9.17) is 10.2 Å². The van der Waals surface area contributed by atoms with Crippen molar-refractivity contribution >= 4 is 17.8 Å². The van der Waals surface area contributed by atoms with Gasteiger partial charge in [-0.05, 0) is 33.6 Å². The molecule has 7 nitrogen and oxygen atoms in total. The molecule has 0 radical (unpaired) electrons. The van der Waals surface area contributed by atoms with E-state index in [0.717, 1.165) is 0 Å². The molecule has 7 heteroatoms. The Balaban J connectivity index is 4.16. The minimum Gasteiger partial charge on any atom is -0.481 e. The molecule has 19 heavy (non-hydrogen) atoms. The summed E-state index contributed by atoms with van der Waals surface area (Å²) in [7, 11) is 0. The minimum absolute atomic E-state index is 0.0201. The number of carbonyl (C=O) groups excluding carboxylic acids is 1. The first-order valence-corrected chi connectivity index (χ1v) is 6.11. The average molecular weight is 274 g/mol. The number of hydrogen-bond donors (Lipinski definition) is 4. The van der Waals surface area contributed by atoms with Gasteiger partial charge >= 0.3 is 11.9 Å². The maximum atomic E-state index is 11.5. The Morgan fingerprint density at radius 2 is 1.74 bits per heavy atom. The van der Waals surface area contributed by atoms with Crippen LogP contribution >= 0.6 is 0 Å². The van der Waals surface area contributed by atoms with Crippen LogP contribution in [0.3, 0.4) is 0 Å². The van der Waals surface area contributed by atoms with Crippen LogP contribution in [-0.2, 0) is 14.4 Å². The van der Waals surface area contributed by atoms with Crippen LogP contribution < -0.4 is 10.6 Å². The Kier molecular flexibility index (Phi) is 7.06. The second-order valence-electron chi connectivity index (χ2n) is 5.35. The van der Waals surface area contributed by atoms with Crippen molar-refractivity contribution in [2.45, 2.75) is 51.6 Å². The standard InChI is InChI=1S/C12H22N2O5/c1-12(2,3)13-7-9(15)14-8(11(18)19)5-4-6-10(16)17/h8,13H,4-7H2,1-3H3,(H,14,15)(H,16,17)(H,18,19). The van der Waals surface area contributed by atoms with Gasteiger partial charge in [0.25, 0.3) is 0 Å². The molecule has 0 bridgehead atoms. The quantitative estimate of drug-likeness (QED) is 0.502. The molecule has 0 fully saturated rings. The van der Waals surface area contributed by atoms with E-state index in [1.165, 1.54) is 0 Å². The van der Waals surface area contributed by atoms with Gasteiger partial charge < -0.3 is 20.8 Å². The van der Waals surface area contributed by atoms with Crippen LogP contribution in [0.2, 0.25) is 0 Å². The lowest BCUT2D eigenvalue weighted by atomic mass is 10.1. The van der Waals surface area contributed by atoms with E-state index in [9.17, 15) is 14.4 Å². The number of carbonyl (C=O) groups is 3. The largest absolute Gasteiger partial charge is 0.481 e. The number of carboxylic acids is 2. The Morgan fingerprint density at radius 3 is 2.16 bits per heavy atom. The van der Waals surface area contributed by atoms with E-state index in [1.54, 1.807) is 0 Å². The molecule has 0 aromatic rings. The zero-order valence-electron chi connectivity index (χ0n) is 11.5. The van der Waals surface area contributed by atoms with Gasteiger partial charge in [-0.15, -0.1) is 0 Å². The number of carboxylic acid groups (broad SMARTS) is 2. The predicted octanol–water partition coefficient (Wildman–Crippen LogP) is 0.199. The Bertz CT molecular complexity index is 336. The first-order chi connectivity index (χ1) is 8.61. The summed E-state index contributed by atoms with van der Waals surface area (Å²) >= 11 is 0. The van der Waals surface area contributed by atoms with E-state index >= 15 is 0 Å². The van der Waals surface area contributed by atoms with Crippen molar-refractivity contribution in [3.8, 4) is 0 Å². The minimum atomic E-state index is -1.16. The Labute approximate surface area is 112 Å². The van der Waals surface area contributed by atoms with Gasteiger partial charge in [-0.25, -0.2) is 4.79 Å². The maximum absolute atomic E-state index is 11.5. The summed E-state index contributed by atoms with van der Waals surface area (Å²) in [6.45, 7) is 5.69. The molecule has 1 amide bonds. The number of amides is 1. The molecule has 1 unspecified atom stereocenters. The molecule has 0 saturated heterocycles. The molecular formula is C12H22N2O5. The summed E-state index contributed by atoms with van der Waals surface area (Å²) in [5, 5.41) is 22.7. The lowest BCUT2D eigenvalue weighted by Crippen LogP contribution is -2.48. The van der Waals surface area contributed by atoms with Crippen LogP contribution in [0.15, 0.2) is 0 Å². The van der Waals surface area contributed by atoms with Crippen LogP contribution in [0.4, 0.5) is 0 Å². The summed E-state index contributed by atoms with van der Waals surface area (Å²) in [5.41, 5.74) is -0.237. The molecule has 0 saturated carbocycles. The van der Waals surface area contributed by atoms with Crippen LogP contribution in [-0.4, -0.2) is 46.2 Å². The summed E-state index contributed by atoms with van der Waals surface area (Å²) in [4.78, 5) is 32.8. The number of aliphatic carboxylic acids is 2. The lowest BCUT2D eigenvalue weighted by Gasteiger charge is -2.21. The Hall–Kier alpha value is -1.63. The average Bonchev–Trinajstić information content (AvgIpc) is 2.23. The van der Waals surface area contributed by atoms with Gasteiger partial charge in [0.1, 0.15) is 6.04 Å². The highest BCUT2D eigenvalue weighted by atomic mass is 16.4. The van der Waals surface area contributed by atoms with Gasteiger partial charge in [0.05, 0.1) is 6.54 Å². The highest BCUT2D eigenvalue weighted by Gasteiger charge is 2.20. The molecular weight excluding hydrogens is 252 g/mol. The highest BCUT2D eigenvalue weighted by molar-refractivity contribution is 5.84. The van der Waals surface area contributed by atoms with Crippen LogP contribution in [0, 0.1) is 0 Å². The number of hydrogen-bond acceptors (Lipinski definition) is 4. The second kappa shape index (κ2) is 7.73. The van der Waals surface area contributed by atoms with E-state index < -0.39 is 23.9 Å². The van der Waals surface area contributed by atoms with E-state index in [-0.39, 0.29) is 31.3 Å². The molecule has 0 aliphatic carbocycles. The molecule has 0 spiro atoms. The van der Waals surface area contributed by atoms with Crippen molar-refractivity contribution in [3.05, 3.63) is 0 Å². The van der Waals surface area contributed by atoms with Crippen molar-refractivity contribution in [1.82, 2.24) is 10.6 Å². The fourth-order valence-electron chi connectivity index (χ4n) is 1.31. The molecule has 1 atom stereocenters. The fraction of sp³-hybridized carbons (Fsp3) is 0.750. The second-order valence-corrected chi connectivity index (χ2v) is 5.35. The molecule has 0 aromatic heterocycles. The molecule has 0 rings (SSSR count). The summed E-state index contributed by atoms with van der Waals surface area (Å²) < 4.78 is 0. The topological polar surface area (TPSA) is 116 Å². The predicted molar refractivity (Wildman–Crippen MR) is 68.8 cm³/mol. The van der Waals surface area contributed by atoms with Crippen LogP contribution in [0.1, 0.15) is 40.0 Å². The summed E-state index contributed by atoms with van der Waals surface area (Å²) in [5.74, 6) is -2.56. The van der Waals surface area contributed by atoms with Crippen LogP contribution in [0.25, 0.3) is 0 Å². The van der Waals surface area contributed by atoms with Crippen LogP contribution in [0.5, 0.6) is 0 Å². The number of nitrogens with one attached hydrogen (secondary N) is 2. The third-order valence-electron chi connectivity index (χ3n) is 2.30. The van der Waals surface area contributed by atoms with Gasteiger partial charge in [0.15, 0.2) is 0 Å². The van der Waals surface area contributed by atoms with Crippen molar-refractivity contribution in [2.75, 3.05) is 6.54 Å². The van der Waals surface area contributed by atoms with Gasteiger partial charge in [0.2, 0.25) is 5.91 Å². The first-order valence-electron chi connectivity index (χ1n) is 6.11. The third kappa shape index (κ3) is 10.0. The van der Waals surface area contributed by atoms with Crippen molar-refractivity contribution in [1.29, 1.82) is 0 Å². The summed E-state index contributed by atoms with van der Waals surface area (Å²) in [6.07, 6.45) is 0.196. The number of rotatable bonds is 8. The molecule has 0 aromatic carbocycles. The molecule has 0 aliphatic heterocycles. The van der Waals surface area contributed by atoms with Gasteiger partial charge in [-0.1, -0.05) is 0 Å². The SMILES string of the molecule is CC(C)(C)NCC(=O)NC(CCCC(=O)O)C(=O)O. The lowest BCUT2D eigenvalue weighted by molar-refractivity contribution is -0.142. The highest BCUT2D eigenvalue weighted by Crippen LogP contribution is 2.02. The first kappa shape index (κ1) is 17.4. The summed E-state index contributed by atoms with van der Waals surface area (Å²) in [6, 6.07) is -1.05. The molecule has 0 aliphatic rings. The van der Waals surface area contributed by atoms with Gasteiger partial charge in [0, 0.05) is 12.0 Å². The fourth-order valence-corrected chi connectivity index (χ4v) is 1.31. The Morgan fingerprint density at radius 1 is 1.16 bits per heavy atom. The zero-order valence-corrected chi connectivity index (χ0v) is 11.5. The van der Waals surface area contributed by atoms with Gasteiger partial charge in [-0.2, -0.15) is 0 Å². The van der Waals surface area contributed by atoms with Crippen molar-refractivity contribution < 1.29 is 24.6 Å². The smallest absolute Gasteiger partial charge is 0.326 e. The monoisotopic (exact) mass is 274 g/mol. The van der Waals surface area contributed by atoms with Crippen molar-refractivity contribution in [2.24, 2.45) is 0 Å². The van der Waals surface area contributed by atoms with Gasteiger partial charge in [-0.3, -0.25) is 9.59 Å². The molecule has 0 heterocycles. The van der Waals surface area contributed by atoms with E-state index in [2.05, 4.69) is 10.6 Å². The molecule has 4 N–H and O–H groups in total.